The lowest BCUT2D eigenvalue weighted by Gasteiger charge is -2.13. The summed E-state index contributed by atoms with van der Waals surface area (Å²) in [6, 6.07) is 15.9. The van der Waals surface area contributed by atoms with Crippen molar-refractivity contribution >= 4 is 21.6 Å². The number of aryl methyl sites for hydroxylation is 1. The van der Waals surface area contributed by atoms with Crippen molar-refractivity contribution in [3.63, 3.8) is 0 Å². The molecule has 0 heterocycles. The smallest absolute Gasteiger partial charge is 0.339 e. The van der Waals surface area contributed by atoms with Crippen LogP contribution in [0, 0.1) is 17.0 Å². The molecule has 0 N–H and O–H groups in total. The monoisotopic (exact) mass is 427 g/mol. The maximum Gasteiger partial charge on any atom is 0.339 e. The van der Waals surface area contributed by atoms with E-state index in [1.807, 2.05) is 0 Å². The Bertz CT molecular complexity index is 1220. The molecule has 3 aromatic rings. The zero-order valence-electron chi connectivity index (χ0n) is 16.1. The molecule has 0 aliphatic carbocycles. The second-order valence-corrected chi connectivity index (χ2v) is 7.85. The lowest BCUT2D eigenvalue weighted by Crippen LogP contribution is -2.13. The van der Waals surface area contributed by atoms with Crippen molar-refractivity contribution < 1.29 is 27.1 Å². The normalized spacial score (nSPS) is 11.0. The van der Waals surface area contributed by atoms with Gasteiger partial charge in [0.25, 0.3) is 5.69 Å². The average Bonchev–Trinajstić information content (AvgIpc) is 2.73. The molecule has 0 unspecified atom stereocenters. The average molecular weight is 427 g/mol. The minimum atomic E-state index is -4.46. The van der Waals surface area contributed by atoms with E-state index in [0.29, 0.717) is 11.1 Å². The zero-order chi connectivity index (χ0) is 21.9. The summed E-state index contributed by atoms with van der Waals surface area (Å²) in [5.41, 5.74) is 0.300. The van der Waals surface area contributed by atoms with Crippen LogP contribution in [0.5, 0.6) is 11.5 Å². The molecule has 0 radical (unpaired) electrons. The molecule has 9 heteroatoms. The first-order valence-electron chi connectivity index (χ1n) is 8.70. The van der Waals surface area contributed by atoms with Gasteiger partial charge >= 0.3 is 10.1 Å². The third-order valence-electron chi connectivity index (χ3n) is 4.33. The van der Waals surface area contributed by atoms with Crippen LogP contribution in [-0.2, 0) is 10.1 Å². The molecule has 0 aliphatic heterocycles. The number of methoxy groups -OCH3 is 1. The first-order chi connectivity index (χ1) is 14.2. The predicted molar refractivity (Wildman–Crippen MR) is 109 cm³/mol. The highest BCUT2D eigenvalue weighted by Gasteiger charge is 2.25. The lowest BCUT2D eigenvalue weighted by atomic mass is 10.0. The van der Waals surface area contributed by atoms with Gasteiger partial charge in [0.15, 0.2) is 11.5 Å². The van der Waals surface area contributed by atoms with Gasteiger partial charge in [-0.15, -0.1) is 0 Å². The summed E-state index contributed by atoms with van der Waals surface area (Å²) < 4.78 is 35.9. The van der Waals surface area contributed by atoms with Crippen LogP contribution in [0.4, 0.5) is 5.69 Å². The van der Waals surface area contributed by atoms with Gasteiger partial charge in [-0.2, -0.15) is 8.42 Å². The van der Waals surface area contributed by atoms with Crippen LogP contribution in [0.3, 0.4) is 0 Å². The maximum absolute atomic E-state index is 12.9. The molecule has 0 saturated carbocycles. The van der Waals surface area contributed by atoms with E-state index in [1.165, 1.54) is 44.4 Å². The van der Waals surface area contributed by atoms with Crippen LogP contribution in [0.2, 0.25) is 0 Å². The molecule has 3 aromatic carbocycles. The molecule has 30 heavy (non-hydrogen) atoms. The van der Waals surface area contributed by atoms with Crippen LogP contribution in [0.1, 0.15) is 21.5 Å². The van der Waals surface area contributed by atoms with Gasteiger partial charge in [-0.3, -0.25) is 14.9 Å². The van der Waals surface area contributed by atoms with Crippen molar-refractivity contribution in [3.05, 3.63) is 93.5 Å². The first kappa shape index (κ1) is 21.0. The summed E-state index contributed by atoms with van der Waals surface area (Å²) in [5, 5.41) is 11.2. The zero-order valence-corrected chi connectivity index (χ0v) is 16.9. The molecular weight excluding hydrogens is 410 g/mol. The Hall–Kier alpha value is -3.72. The highest BCUT2D eigenvalue weighted by molar-refractivity contribution is 7.87. The van der Waals surface area contributed by atoms with E-state index >= 15 is 0 Å². The van der Waals surface area contributed by atoms with Crippen molar-refractivity contribution in [1.29, 1.82) is 0 Å². The second kappa shape index (κ2) is 8.34. The molecule has 0 bridgehead atoms. The van der Waals surface area contributed by atoms with E-state index in [0.717, 1.165) is 6.07 Å². The highest BCUT2D eigenvalue weighted by atomic mass is 32.2. The van der Waals surface area contributed by atoms with Gasteiger partial charge in [-0.1, -0.05) is 36.4 Å². The molecule has 0 saturated heterocycles. The van der Waals surface area contributed by atoms with E-state index in [2.05, 4.69) is 0 Å². The van der Waals surface area contributed by atoms with Crippen LogP contribution in [0.25, 0.3) is 0 Å². The number of carbonyl (C=O) groups excluding carboxylic acids is 1. The van der Waals surface area contributed by atoms with Gasteiger partial charge < -0.3 is 8.92 Å². The summed E-state index contributed by atoms with van der Waals surface area (Å²) in [6.07, 6.45) is 0. The number of ketones is 1. The van der Waals surface area contributed by atoms with Crippen LogP contribution in [-0.4, -0.2) is 26.2 Å². The molecule has 0 aromatic heterocycles. The Morgan fingerprint density at radius 1 is 1.00 bits per heavy atom. The van der Waals surface area contributed by atoms with Crippen molar-refractivity contribution in [2.75, 3.05) is 7.11 Å². The SMILES string of the molecule is COc1ccc(C(=O)c2ccccc2)c(OS(=O)(=O)c2ccc(C)c([N+](=O)[O-])c2)c1. The first-order valence-corrected chi connectivity index (χ1v) is 10.1. The fourth-order valence-corrected chi connectivity index (χ4v) is 3.70. The van der Waals surface area contributed by atoms with Gasteiger partial charge in [0, 0.05) is 23.3 Å². The molecular formula is C21H17NO7S. The topological polar surface area (TPSA) is 113 Å². The number of nitrogens with zero attached hydrogens (tertiary/aromatic N) is 1. The Balaban J connectivity index is 2.06. The molecule has 0 amide bonds. The van der Waals surface area contributed by atoms with Gasteiger partial charge in [0.1, 0.15) is 10.6 Å². The fraction of sp³-hybridized carbons (Fsp3) is 0.0952. The standard InChI is InChI=1S/C21H17NO7S/c1-14-8-10-17(13-19(14)22(24)25)30(26,27)29-20-12-16(28-2)9-11-18(20)21(23)15-6-4-3-5-7-15/h3-13H,1-2H3. The second-order valence-electron chi connectivity index (χ2n) is 6.30. The summed E-state index contributed by atoms with van der Waals surface area (Å²) in [6.45, 7) is 1.49. The minimum absolute atomic E-state index is 0.00665. The van der Waals surface area contributed by atoms with Crippen molar-refractivity contribution in [3.8, 4) is 11.5 Å². The third kappa shape index (κ3) is 4.31. The third-order valence-corrected chi connectivity index (χ3v) is 5.57. The van der Waals surface area contributed by atoms with Gasteiger partial charge in [0.05, 0.1) is 17.6 Å². The van der Waals surface area contributed by atoms with E-state index in [1.54, 1.807) is 30.3 Å². The van der Waals surface area contributed by atoms with E-state index in [-0.39, 0.29) is 22.7 Å². The largest absolute Gasteiger partial charge is 0.497 e. The van der Waals surface area contributed by atoms with Crippen LogP contribution < -0.4 is 8.92 Å². The molecule has 0 aliphatic rings. The van der Waals surface area contributed by atoms with Crippen LogP contribution >= 0.6 is 0 Å². The summed E-state index contributed by atoms with van der Waals surface area (Å²) in [5.74, 6) is -0.413. The van der Waals surface area contributed by atoms with Gasteiger partial charge in [-0.25, -0.2) is 0 Å². The van der Waals surface area contributed by atoms with E-state index < -0.39 is 25.7 Å². The number of hydrogen-bond donors (Lipinski definition) is 0. The van der Waals surface area contributed by atoms with Crippen molar-refractivity contribution in [1.82, 2.24) is 0 Å². The number of ether oxygens (including phenoxy) is 1. The molecule has 0 spiro atoms. The van der Waals surface area contributed by atoms with Crippen LogP contribution in [0.15, 0.2) is 71.6 Å². The Kier molecular flexibility index (Phi) is 5.84. The number of nitro groups is 1. The molecule has 0 atom stereocenters. The Labute approximate surface area is 173 Å². The highest BCUT2D eigenvalue weighted by Crippen LogP contribution is 2.31. The summed E-state index contributed by atoms with van der Waals surface area (Å²) in [7, 11) is -3.08. The van der Waals surface area contributed by atoms with Crippen molar-refractivity contribution in [2.45, 2.75) is 11.8 Å². The predicted octanol–water partition coefficient (Wildman–Crippen LogP) is 3.91. The summed E-state index contributed by atoms with van der Waals surface area (Å²) in [4.78, 5) is 22.9. The summed E-state index contributed by atoms with van der Waals surface area (Å²) >= 11 is 0. The molecule has 154 valence electrons. The number of benzene rings is 3. The van der Waals surface area contributed by atoms with Gasteiger partial charge in [0.2, 0.25) is 0 Å². The number of nitro benzene ring substituents is 1. The molecule has 8 nitrogen and oxygen atoms in total. The number of hydrogen-bond acceptors (Lipinski definition) is 7. The molecule has 0 fully saturated rings. The van der Waals surface area contributed by atoms with Crippen molar-refractivity contribution in [2.24, 2.45) is 0 Å². The lowest BCUT2D eigenvalue weighted by molar-refractivity contribution is -0.385. The van der Waals surface area contributed by atoms with E-state index in [9.17, 15) is 23.3 Å². The Morgan fingerprint density at radius 3 is 2.33 bits per heavy atom. The maximum atomic E-state index is 12.9. The van der Waals surface area contributed by atoms with Gasteiger partial charge in [-0.05, 0) is 25.1 Å². The Morgan fingerprint density at radius 2 is 1.70 bits per heavy atom. The number of carbonyl (C=O) groups is 1. The molecule has 3 rings (SSSR count). The number of rotatable bonds is 7. The fourth-order valence-electron chi connectivity index (χ4n) is 2.74. The minimum Gasteiger partial charge on any atom is -0.497 e. The van der Waals surface area contributed by atoms with E-state index in [4.69, 9.17) is 8.92 Å². The quantitative estimate of drug-likeness (QED) is 0.243.